The third-order valence-corrected chi connectivity index (χ3v) is 1.11. The Hall–Kier alpha value is -1.19. The zero-order valence-electron chi connectivity index (χ0n) is 5.32. The summed E-state index contributed by atoms with van der Waals surface area (Å²) in [6.45, 7) is 0. The van der Waals surface area contributed by atoms with Crippen molar-refractivity contribution in [1.29, 1.82) is 0 Å². The zero-order chi connectivity index (χ0) is 7.40. The van der Waals surface area contributed by atoms with E-state index in [1.54, 1.807) is 0 Å². The monoisotopic (exact) mass is 144 g/mol. The average molecular weight is 144 g/mol. The van der Waals surface area contributed by atoms with E-state index in [0.717, 1.165) is 0 Å². The standard InChI is InChI=1S/C6H8O4/c7-5(8)1-2-6-9-3-4-10-6/h3-4,6H,1-2H2,(H,7,8). The Balaban J connectivity index is 2.09. The smallest absolute Gasteiger partial charge is 0.303 e. The number of aliphatic carboxylic acids is 1. The van der Waals surface area contributed by atoms with Crippen molar-refractivity contribution in [2.75, 3.05) is 0 Å². The second kappa shape index (κ2) is 3.10. The minimum atomic E-state index is -0.834. The van der Waals surface area contributed by atoms with Crippen LogP contribution in [-0.2, 0) is 14.3 Å². The van der Waals surface area contributed by atoms with Crippen molar-refractivity contribution < 1.29 is 19.4 Å². The van der Waals surface area contributed by atoms with Crippen LogP contribution in [0.3, 0.4) is 0 Å². The average Bonchev–Trinajstić information content (AvgIpc) is 2.34. The first kappa shape index (κ1) is 6.92. The summed E-state index contributed by atoms with van der Waals surface area (Å²) < 4.78 is 9.67. The molecular weight excluding hydrogens is 136 g/mol. The van der Waals surface area contributed by atoms with E-state index in [-0.39, 0.29) is 6.42 Å². The Kier molecular flexibility index (Phi) is 2.15. The van der Waals surface area contributed by atoms with Crippen LogP contribution >= 0.6 is 0 Å². The van der Waals surface area contributed by atoms with Crippen molar-refractivity contribution in [1.82, 2.24) is 0 Å². The van der Waals surface area contributed by atoms with Gasteiger partial charge in [0.2, 0.25) is 6.29 Å². The molecule has 0 amide bonds. The van der Waals surface area contributed by atoms with Crippen molar-refractivity contribution in [2.24, 2.45) is 0 Å². The Bertz CT molecular complexity index is 144. The van der Waals surface area contributed by atoms with Crippen molar-refractivity contribution in [2.45, 2.75) is 19.1 Å². The molecule has 10 heavy (non-hydrogen) atoms. The zero-order valence-corrected chi connectivity index (χ0v) is 5.32. The van der Waals surface area contributed by atoms with Gasteiger partial charge in [-0.15, -0.1) is 0 Å². The number of hydrogen-bond donors (Lipinski definition) is 1. The number of hydrogen-bond acceptors (Lipinski definition) is 3. The number of carboxylic acids is 1. The van der Waals surface area contributed by atoms with Crippen molar-refractivity contribution in [3.05, 3.63) is 12.5 Å². The van der Waals surface area contributed by atoms with Crippen LogP contribution in [0.2, 0.25) is 0 Å². The van der Waals surface area contributed by atoms with Crippen molar-refractivity contribution >= 4 is 5.97 Å². The van der Waals surface area contributed by atoms with Crippen LogP contribution < -0.4 is 0 Å². The third kappa shape index (κ3) is 1.97. The topological polar surface area (TPSA) is 55.8 Å². The Labute approximate surface area is 58.1 Å². The molecule has 0 aromatic heterocycles. The van der Waals surface area contributed by atoms with Crippen LogP contribution in [0.5, 0.6) is 0 Å². The highest BCUT2D eigenvalue weighted by atomic mass is 16.7. The van der Waals surface area contributed by atoms with Gasteiger partial charge in [-0.2, -0.15) is 0 Å². The molecule has 0 unspecified atom stereocenters. The summed E-state index contributed by atoms with van der Waals surface area (Å²) >= 11 is 0. The predicted molar refractivity (Wildman–Crippen MR) is 32.0 cm³/mol. The fraction of sp³-hybridized carbons (Fsp3) is 0.500. The van der Waals surface area contributed by atoms with Gasteiger partial charge in [-0.25, -0.2) is 0 Å². The van der Waals surface area contributed by atoms with Crippen LogP contribution in [-0.4, -0.2) is 17.4 Å². The van der Waals surface area contributed by atoms with E-state index in [2.05, 4.69) is 0 Å². The Morgan fingerprint density at radius 3 is 2.60 bits per heavy atom. The van der Waals surface area contributed by atoms with Crippen LogP contribution in [0.15, 0.2) is 12.5 Å². The van der Waals surface area contributed by atoms with Gasteiger partial charge in [0.15, 0.2) is 0 Å². The lowest BCUT2D eigenvalue weighted by molar-refractivity contribution is -0.139. The summed E-state index contributed by atoms with van der Waals surface area (Å²) in [5.74, 6) is -0.834. The molecule has 1 N–H and O–H groups in total. The summed E-state index contributed by atoms with van der Waals surface area (Å²) in [5, 5.41) is 8.24. The highest BCUT2D eigenvalue weighted by molar-refractivity contribution is 5.66. The van der Waals surface area contributed by atoms with E-state index < -0.39 is 12.3 Å². The van der Waals surface area contributed by atoms with Crippen LogP contribution in [0.1, 0.15) is 12.8 Å². The number of ether oxygens (including phenoxy) is 2. The fourth-order valence-corrected chi connectivity index (χ4v) is 0.649. The molecule has 0 aliphatic carbocycles. The second-order valence-corrected chi connectivity index (χ2v) is 1.91. The molecule has 4 nitrogen and oxygen atoms in total. The van der Waals surface area contributed by atoms with Gasteiger partial charge in [-0.3, -0.25) is 4.79 Å². The highest BCUT2D eigenvalue weighted by Crippen LogP contribution is 2.10. The predicted octanol–water partition coefficient (Wildman–Crippen LogP) is 0.695. The molecule has 0 bridgehead atoms. The van der Waals surface area contributed by atoms with Gasteiger partial charge >= 0.3 is 5.97 Å². The van der Waals surface area contributed by atoms with Gasteiger partial charge in [0.05, 0.1) is 6.42 Å². The van der Waals surface area contributed by atoms with Crippen LogP contribution in [0.4, 0.5) is 0 Å². The van der Waals surface area contributed by atoms with Crippen LogP contribution in [0.25, 0.3) is 0 Å². The summed E-state index contributed by atoms with van der Waals surface area (Å²) in [5.41, 5.74) is 0. The number of carboxylic acid groups (broad SMARTS) is 1. The first-order valence-corrected chi connectivity index (χ1v) is 2.97. The summed E-state index contributed by atoms with van der Waals surface area (Å²) in [4.78, 5) is 10.0. The van der Waals surface area contributed by atoms with E-state index in [9.17, 15) is 4.79 Å². The lowest BCUT2D eigenvalue weighted by atomic mass is 10.3. The van der Waals surface area contributed by atoms with Crippen LogP contribution in [0, 0.1) is 0 Å². The SMILES string of the molecule is O=C(O)CCC1OC=CO1. The molecule has 1 rings (SSSR count). The molecule has 0 aromatic rings. The quantitative estimate of drug-likeness (QED) is 0.633. The minimum Gasteiger partial charge on any atom is -0.481 e. The molecule has 1 aliphatic heterocycles. The van der Waals surface area contributed by atoms with E-state index in [1.807, 2.05) is 0 Å². The lowest BCUT2D eigenvalue weighted by Crippen LogP contribution is -2.09. The molecule has 0 aromatic carbocycles. The Morgan fingerprint density at radius 1 is 1.50 bits per heavy atom. The first-order valence-electron chi connectivity index (χ1n) is 2.97. The number of rotatable bonds is 3. The van der Waals surface area contributed by atoms with E-state index in [4.69, 9.17) is 14.6 Å². The maximum absolute atomic E-state index is 10.0. The lowest BCUT2D eigenvalue weighted by Gasteiger charge is -2.06. The fourth-order valence-electron chi connectivity index (χ4n) is 0.649. The molecule has 0 saturated heterocycles. The van der Waals surface area contributed by atoms with Crippen molar-refractivity contribution in [3.63, 3.8) is 0 Å². The van der Waals surface area contributed by atoms with Gasteiger partial charge in [-0.05, 0) is 0 Å². The van der Waals surface area contributed by atoms with Crippen molar-refractivity contribution in [3.8, 4) is 0 Å². The normalized spacial score (nSPS) is 16.4. The second-order valence-electron chi connectivity index (χ2n) is 1.91. The van der Waals surface area contributed by atoms with Gasteiger partial charge in [-0.1, -0.05) is 0 Å². The molecule has 0 atom stereocenters. The van der Waals surface area contributed by atoms with E-state index >= 15 is 0 Å². The summed E-state index contributed by atoms with van der Waals surface area (Å²) in [6, 6.07) is 0. The van der Waals surface area contributed by atoms with Gasteiger partial charge in [0.25, 0.3) is 0 Å². The molecule has 0 fully saturated rings. The number of carbonyl (C=O) groups is 1. The maximum atomic E-state index is 10.0. The molecule has 4 heteroatoms. The highest BCUT2D eigenvalue weighted by Gasteiger charge is 2.13. The minimum absolute atomic E-state index is 0.0757. The van der Waals surface area contributed by atoms with Gasteiger partial charge < -0.3 is 14.6 Å². The molecule has 1 heterocycles. The third-order valence-electron chi connectivity index (χ3n) is 1.11. The molecule has 0 spiro atoms. The largest absolute Gasteiger partial charge is 0.481 e. The Morgan fingerprint density at radius 2 is 2.10 bits per heavy atom. The maximum Gasteiger partial charge on any atom is 0.303 e. The molecule has 0 radical (unpaired) electrons. The molecule has 1 aliphatic rings. The molecule has 0 saturated carbocycles. The molecule has 56 valence electrons. The van der Waals surface area contributed by atoms with E-state index in [0.29, 0.717) is 6.42 Å². The summed E-state index contributed by atoms with van der Waals surface area (Å²) in [7, 11) is 0. The van der Waals surface area contributed by atoms with E-state index in [1.165, 1.54) is 12.5 Å². The summed E-state index contributed by atoms with van der Waals surface area (Å²) in [6.07, 6.45) is 2.89. The van der Waals surface area contributed by atoms with Gasteiger partial charge in [0, 0.05) is 6.42 Å². The first-order chi connectivity index (χ1) is 4.79. The molecular formula is C6H8O4. The van der Waals surface area contributed by atoms with Gasteiger partial charge in [0.1, 0.15) is 12.5 Å².